The number of halogens is 1. The van der Waals surface area contributed by atoms with Crippen LogP contribution in [0, 0.1) is 0 Å². The van der Waals surface area contributed by atoms with Crippen molar-refractivity contribution in [3.8, 4) is 0 Å². The van der Waals surface area contributed by atoms with Crippen LogP contribution in [-0.2, 0) is 13.6 Å². The van der Waals surface area contributed by atoms with Gasteiger partial charge in [0.15, 0.2) is 5.16 Å². The number of hydrogen-bond acceptors (Lipinski definition) is 5. The van der Waals surface area contributed by atoms with E-state index in [0.717, 1.165) is 11.3 Å². The molecule has 1 amide bonds. The van der Waals surface area contributed by atoms with Gasteiger partial charge in [0.1, 0.15) is 17.4 Å². The van der Waals surface area contributed by atoms with Gasteiger partial charge in [-0.05, 0) is 17.7 Å². The molecule has 1 N–H and O–H groups in total. The van der Waals surface area contributed by atoms with Gasteiger partial charge in [0.05, 0.1) is 0 Å². The number of amides is 1. The summed E-state index contributed by atoms with van der Waals surface area (Å²) in [6.07, 6.45) is 4.81. The number of benzene rings is 1. The molecule has 1 aliphatic heterocycles. The van der Waals surface area contributed by atoms with Crippen molar-refractivity contribution in [3.63, 3.8) is 0 Å². The topological polar surface area (TPSA) is 81.8 Å². The first-order valence-corrected chi connectivity index (χ1v) is 9.67. The Hall–Kier alpha value is -2.58. The fraction of sp³-hybridized carbons (Fsp3) is 0.222. The predicted molar refractivity (Wildman–Crippen MR) is 103 cm³/mol. The monoisotopic (exact) mass is 401 g/mol. The second-order valence-electron chi connectivity index (χ2n) is 6.11. The van der Waals surface area contributed by atoms with E-state index in [1.807, 2.05) is 23.7 Å². The second-order valence-corrected chi connectivity index (χ2v) is 7.61. The zero-order valence-corrected chi connectivity index (χ0v) is 16.0. The summed E-state index contributed by atoms with van der Waals surface area (Å²) in [5.41, 5.74) is 0.512. The molecule has 0 radical (unpaired) electrons. The Morgan fingerprint density at radius 3 is 2.78 bits per heavy atom. The van der Waals surface area contributed by atoms with Crippen LogP contribution in [-0.4, -0.2) is 30.8 Å². The van der Waals surface area contributed by atoms with Crippen molar-refractivity contribution in [2.24, 2.45) is 7.05 Å². The highest BCUT2D eigenvalue weighted by Crippen LogP contribution is 2.23. The van der Waals surface area contributed by atoms with Crippen molar-refractivity contribution < 1.29 is 4.79 Å². The molecule has 0 bridgehead atoms. The molecule has 0 saturated carbocycles. The fourth-order valence-corrected chi connectivity index (χ4v) is 4.03. The number of nitrogens with one attached hydrogen (secondary N) is 1. The minimum absolute atomic E-state index is 0.0226. The SMILES string of the molecule is Cn1ccnc1C(NC(=O)c1cnc2n(c1=O)CCS2)c1ccc(Cl)cc1. The Kier molecular flexibility index (Phi) is 4.75. The summed E-state index contributed by atoms with van der Waals surface area (Å²) in [6, 6.07) is 6.63. The van der Waals surface area contributed by atoms with Crippen LogP contribution in [0.3, 0.4) is 0 Å². The number of carbonyl (C=O) groups is 1. The van der Waals surface area contributed by atoms with Crippen LogP contribution in [0.5, 0.6) is 0 Å². The molecule has 7 nitrogen and oxygen atoms in total. The van der Waals surface area contributed by atoms with Crippen LogP contribution in [0.4, 0.5) is 0 Å². The third-order valence-electron chi connectivity index (χ3n) is 4.40. The van der Waals surface area contributed by atoms with E-state index in [4.69, 9.17) is 11.6 Å². The average Bonchev–Trinajstić information content (AvgIpc) is 3.30. The Labute approximate surface area is 164 Å². The maximum Gasteiger partial charge on any atom is 0.267 e. The molecule has 138 valence electrons. The third-order valence-corrected chi connectivity index (χ3v) is 5.62. The normalized spacial score (nSPS) is 14.0. The molecule has 2 aromatic heterocycles. The molecular formula is C18H16ClN5O2S. The molecule has 0 aliphatic carbocycles. The Morgan fingerprint density at radius 2 is 2.07 bits per heavy atom. The van der Waals surface area contributed by atoms with Crippen LogP contribution in [0.15, 0.2) is 52.8 Å². The lowest BCUT2D eigenvalue weighted by Crippen LogP contribution is -2.36. The van der Waals surface area contributed by atoms with Crippen molar-refractivity contribution in [3.05, 3.63) is 75.2 Å². The van der Waals surface area contributed by atoms with Gasteiger partial charge in [-0.1, -0.05) is 35.5 Å². The number of rotatable bonds is 4. The zero-order chi connectivity index (χ0) is 19.0. The smallest absolute Gasteiger partial charge is 0.267 e. The fourth-order valence-electron chi connectivity index (χ4n) is 2.99. The summed E-state index contributed by atoms with van der Waals surface area (Å²) in [6.45, 7) is 0.562. The lowest BCUT2D eigenvalue weighted by atomic mass is 10.1. The molecule has 1 unspecified atom stereocenters. The number of aryl methyl sites for hydroxylation is 1. The van der Waals surface area contributed by atoms with Gasteiger partial charge in [-0.25, -0.2) is 9.97 Å². The van der Waals surface area contributed by atoms with E-state index in [1.165, 1.54) is 22.5 Å². The van der Waals surface area contributed by atoms with Crippen LogP contribution in [0.25, 0.3) is 0 Å². The molecule has 1 aromatic carbocycles. The first-order valence-electron chi connectivity index (χ1n) is 8.31. The third kappa shape index (κ3) is 3.38. The van der Waals surface area contributed by atoms with Crippen molar-refractivity contribution >= 4 is 29.3 Å². The molecule has 0 spiro atoms. The van der Waals surface area contributed by atoms with Crippen LogP contribution >= 0.6 is 23.4 Å². The quantitative estimate of drug-likeness (QED) is 0.678. The summed E-state index contributed by atoms with van der Waals surface area (Å²) in [4.78, 5) is 34.1. The van der Waals surface area contributed by atoms with Crippen molar-refractivity contribution in [2.75, 3.05) is 5.75 Å². The number of thioether (sulfide) groups is 1. The van der Waals surface area contributed by atoms with Gasteiger partial charge < -0.3 is 9.88 Å². The van der Waals surface area contributed by atoms with E-state index in [-0.39, 0.29) is 11.1 Å². The maximum atomic E-state index is 12.9. The number of fused-ring (bicyclic) bond motifs is 1. The van der Waals surface area contributed by atoms with Crippen molar-refractivity contribution in [2.45, 2.75) is 17.7 Å². The maximum absolute atomic E-state index is 12.9. The Balaban J connectivity index is 1.70. The Morgan fingerprint density at radius 1 is 1.30 bits per heavy atom. The molecule has 9 heteroatoms. The molecule has 1 atom stereocenters. The highest BCUT2D eigenvalue weighted by Gasteiger charge is 2.25. The molecule has 0 fully saturated rings. The molecular weight excluding hydrogens is 386 g/mol. The average molecular weight is 402 g/mol. The van der Waals surface area contributed by atoms with Gasteiger partial charge in [-0.2, -0.15) is 0 Å². The largest absolute Gasteiger partial charge is 0.338 e. The number of hydrogen-bond donors (Lipinski definition) is 1. The minimum atomic E-state index is -0.526. The summed E-state index contributed by atoms with van der Waals surface area (Å²) < 4.78 is 3.36. The summed E-state index contributed by atoms with van der Waals surface area (Å²) in [5, 5.41) is 4.17. The summed E-state index contributed by atoms with van der Waals surface area (Å²) in [5.74, 6) is 0.951. The van der Waals surface area contributed by atoms with Crippen LogP contribution in [0.2, 0.25) is 5.02 Å². The number of carbonyl (C=O) groups excluding carboxylic acids is 1. The van der Waals surface area contributed by atoms with Crippen LogP contribution in [0.1, 0.15) is 27.8 Å². The summed E-state index contributed by atoms with van der Waals surface area (Å²) in [7, 11) is 1.85. The van der Waals surface area contributed by atoms with E-state index in [0.29, 0.717) is 22.5 Å². The van der Waals surface area contributed by atoms with Gasteiger partial charge in [-0.3, -0.25) is 14.2 Å². The number of imidazole rings is 1. The van der Waals surface area contributed by atoms with Gasteiger partial charge in [0, 0.05) is 43.0 Å². The van der Waals surface area contributed by atoms with Gasteiger partial charge in [0.25, 0.3) is 11.5 Å². The van der Waals surface area contributed by atoms with Gasteiger partial charge in [-0.15, -0.1) is 0 Å². The Bertz CT molecular complexity index is 1060. The minimum Gasteiger partial charge on any atom is -0.338 e. The van der Waals surface area contributed by atoms with E-state index in [1.54, 1.807) is 24.5 Å². The van der Waals surface area contributed by atoms with Crippen molar-refractivity contribution in [1.82, 2.24) is 24.4 Å². The molecule has 3 heterocycles. The lowest BCUT2D eigenvalue weighted by molar-refractivity contribution is 0.0938. The van der Waals surface area contributed by atoms with Crippen LogP contribution < -0.4 is 10.9 Å². The predicted octanol–water partition coefficient (Wildman–Crippen LogP) is 2.26. The first kappa shape index (κ1) is 17.8. The van der Waals surface area contributed by atoms with E-state index in [2.05, 4.69) is 15.3 Å². The molecule has 0 saturated heterocycles. The van der Waals surface area contributed by atoms with E-state index < -0.39 is 11.9 Å². The molecule has 27 heavy (non-hydrogen) atoms. The number of nitrogens with zero attached hydrogens (tertiary/aromatic N) is 4. The lowest BCUT2D eigenvalue weighted by Gasteiger charge is -2.19. The number of aromatic nitrogens is 4. The molecule has 1 aliphatic rings. The first-order chi connectivity index (χ1) is 13.0. The van der Waals surface area contributed by atoms with Gasteiger partial charge >= 0.3 is 0 Å². The second kappa shape index (κ2) is 7.21. The highest BCUT2D eigenvalue weighted by molar-refractivity contribution is 7.99. The highest BCUT2D eigenvalue weighted by atomic mass is 35.5. The van der Waals surface area contributed by atoms with Gasteiger partial charge in [0.2, 0.25) is 0 Å². The molecule has 3 aromatic rings. The standard InChI is InChI=1S/C18H16ClN5O2S/c1-23-7-6-20-15(23)14(11-2-4-12(19)5-3-11)22-16(25)13-10-21-18-24(17(13)26)8-9-27-18/h2-7,10,14H,8-9H2,1H3,(H,22,25). The zero-order valence-electron chi connectivity index (χ0n) is 14.4. The summed E-state index contributed by atoms with van der Waals surface area (Å²) >= 11 is 7.50. The molecule has 4 rings (SSSR count). The van der Waals surface area contributed by atoms with E-state index >= 15 is 0 Å². The van der Waals surface area contributed by atoms with E-state index in [9.17, 15) is 9.59 Å². The van der Waals surface area contributed by atoms with Crippen molar-refractivity contribution in [1.29, 1.82) is 0 Å².